The van der Waals surface area contributed by atoms with Gasteiger partial charge in [-0.2, -0.15) is 13.2 Å². The molecule has 20 heavy (non-hydrogen) atoms. The number of alkyl halides is 3. The van der Waals surface area contributed by atoms with Crippen LogP contribution in [0.25, 0.3) is 0 Å². The third-order valence-electron chi connectivity index (χ3n) is 2.21. The van der Waals surface area contributed by atoms with Crippen LogP contribution in [0.3, 0.4) is 0 Å². The van der Waals surface area contributed by atoms with E-state index >= 15 is 0 Å². The van der Waals surface area contributed by atoms with Crippen LogP contribution in [0.15, 0.2) is 12.0 Å². The Labute approximate surface area is 114 Å². The van der Waals surface area contributed by atoms with Crippen LogP contribution in [0.2, 0.25) is 0 Å². The van der Waals surface area contributed by atoms with E-state index in [0.29, 0.717) is 12.8 Å². The summed E-state index contributed by atoms with van der Waals surface area (Å²) in [6, 6.07) is 0. The van der Waals surface area contributed by atoms with Crippen LogP contribution in [0.1, 0.15) is 33.6 Å². The van der Waals surface area contributed by atoms with Gasteiger partial charge in [0.15, 0.2) is 0 Å². The number of nitrogens with zero attached hydrogens (tertiary/aromatic N) is 1. The minimum atomic E-state index is -5.11. The van der Waals surface area contributed by atoms with Gasteiger partial charge >= 0.3 is 18.2 Å². The van der Waals surface area contributed by atoms with Gasteiger partial charge in [0, 0.05) is 6.54 Å². The Morgan fingerprint density at radius 1 is 1.25 bits per heavy atom. The van der Waals surface area contributed by atoms with E-state index in [1.807, 2.05) is 0 Å². The molecule has 0 aromatic heterocycles. The second-order valence-corrected chi connectivity index (χ2v) is 5.20. The van der Waals surface area contributed by atoms with Crippen molar-refractivity contribution in [2.45, 2.75) is 45.4 Å². The fraction of sp³-hybridized carbons (Fsp3) is 0.667. The molecule has 0 fully saturated rings. The fourth-order valence-electron chi connectivity index (χ4n) is 1.44. The van der Waals surface area contributed by atoms with E-state index in [1.54, 1.807) is 20.8 Å². The first-order valence-corrected chi connectivity index (χ1v) is 6.00. The molecule has 0 aromatic rings. The van der Waals surface area contributed by atoms with Crippen LogP contribution in [-0.4, -0.2) is 35.3 Å². The van der Waals surface area contributed by atoms with Gasteiger partial charge in [0.1, 0.15) is 5.60 Å². The van der Waals surface area contributed by atoms with Crippen LogP contribution >= 0.6 is 0 Å². The molecule has 1 aliphatic rings. The highest BCUT2D eigenvalue weighted by molar-refractivity contribution is 5.78. The number of halogens is 3. The van der Waals surface area contributed by atoms with E-state index in [9.17, 15) is 22.8 Å². The summed E-state index contributed by atoms with van der Waals surface area (Å²) in [6.45, 7) is 5.01. The highest BCUT2D eigenvalue weighted by atomic mass is 19.4. The molecule has 5 nitrogen and oxygen atoms in total. The van der Waals surface area contributed by atoms with Crippen molar-refractivity contribution in [2.24, 2.45) is 0 Å². The first-order chi connectivity index (χ1) is 9.00. The van der Waals surface area contributed by atoms with Gasteiger partial charge in [-0.25, -0.2) is 14.5 Å². The van der Waals surface area contributed by atoms with Crippen molar-refractivity contribution < 1.29 is 32.2 Å². The number of allylic oxidation sites excluding steroid dienone is 1. The maximum absolute atomic E-state index is 12.2. The Morgan fingerprint density at radius 2 is 1.85 bits per heavy atom. The molecule has 0 aromatic carbocycles. The van der Waals surface area contributed by atoms with Crippen LogP contribution in [-0.2, 0) is 14.3 Å². The van der Waals surface area contributed by atoms with Gasteiger partial charge < -0.3 is 9.47 Å². The number of rotatable bonds is 1. The third-order valence-corrected chi connectivity index (χ3v) is 2.21. The standard InChI is InChI=1S/C12H16F3NO4/c1-11(2,3)20-10(18)16-7-5-4-6-8(16)19-9(17)12(13,14)15/h6H,4-5,7H2,1-3H3. The van der Waals surface area contributed by atoms with Crippen molar-refractivity contribution in [1.82, 2.24) is 4.90 Å². The molecule has 1 rings (SSSR count). The Morgan fingerprint density at radius 3 is 2.35 bits per heavy atom. The quantitative estimate of drug-likeness (QED) is 0.698. The van der Waals surface area contributed by atoms with E-state index in [-0.39, 0.29) is 6.54 Å². The van der Waals surface area contributed by atoms with Crippen LogP contribution < -0.4 is 0 Å². The number of esters is 1. The second kappa shape index (κ2) is 5.72. The lowest BCUT2D eigenvalue weighted by Gasteiger charge is -2.30. The van der Waals surface area contributed by atoms with Gasteiger partial charge in [-0.05, 0) is 39.7 Å². The lowest BCUT2D eigenvalue weighted by molar-refractivity contribution is -0.197. The molecular formula is C12H16F3NO4. The van der Waals surface area contributed by atoms with Gasteiger partial charge in [0.25, 0.3) is 0 Å². The molecule has 114 valence electrons. The van der Waals surface area contributed by atoms with E-state index in [4.69, 9.17) is 4.74 Å². The normalized spacial score (nSPS) is 16.5. The smallest absolute Gasteiger partial charge is 0.443 e. The minimum Gasteiger partial charge on any atom is -0.443 e. The van der Waals surface area contributed by atoms with Crippen molar-refractivity contribution in [3.05, 3.63) is 12.0 Å². The Balaban J connectivity index is 2.80. The summed E-state index contributed by atoms with van der Waals surface area (Å²) in [5.74, 6) is -2.80. The van der Waals surface area contributed by atoms with Crippen molar-refractivity contribution >= 4 is 12.1 Å². The summed E-state index contributed by atoms with van der Waals surface area (Å²) in [4.78, 5) is 23.6. The molecule has 1 heterocycles. The van der Waals surface area contributed by atoms with Gasteiger partial charge in [-0.3, -0.25) is 0 Å². The van der Waals surface area contributed by atoms with Crippen LogP contribution in [0, 0.1) is 0 Å². The number of ether oxygens (including phenoxy) is 2. The molecule has 0 N–H and O–H groups in total. The summed E-state index contributed by atoms with van der Waals surface area (Å²) >= 11 is 0. The van der Waals surface area contributed by atoms with Crippen molar-refractivity contribution in [1.29, 1.82) is 0 Å². The van der Waals surface area contributed by atoms with Crippen LogP contribution in [0.4, 0.5) is 18.0 Å². The average molecular weight is 295 g/mol. The molecular weight excluding hydrogens is 279 g/mol. The summed E-state index contributed by atoms with van der Waals surface area (Å²) in [7, 11) is 0. The highest BCUT2D eigenvalue weighted by Gasteiger charge is 2.43. The highest BCUT2D eigenvalue weighted by Crippen LogP contribution is 2.24. The predicted molar refractivity (Wildman–Crippen MR) is 62.4 cm³/mol. The Kier molecular flexibility index (Phi) is 4.67. The van der Waals surface area contributed by atoms with Crippen LogP contribution in [0.5, 0.6) is 0 Å². The van der Waals surface area contributed by atoms with E-state index in [0.717, 1.165) is 4.90 Å². The maximum atomic E-state index is 12.2. The summed E-state index contributed by atoms with van der Waals surface area (Å²) in [5, 5.41) is 0. The summed E-state index contributed by atoms with van der Waals surface area (Å²) < 4.78 is 45.8. The summed E-state index contributed by atoms with van der Waals surface area (Å²) in [5.41, 5.74) is -0.798. The monoisotopic (exact) mass is 295 g/mol. The maximum Gasteiger partial charge on any atom is 0.491 e. The zero-order valence-corrected chi connectivity index (χ0v) is 11.4. The number of hydrogen-bond donors (Lipinski definition) is 0. The summed E-state index contributed by atoms with van der Waals surface area (Å²) in [6.07, 6.45) is -3.74. The first kappa shape index (κ1) is 16.3. The molecule has 8 heteroatoms. The molecule has 0 radical (unpaired) electrons. The lowest BCUT2D eigenvalue weighted by atomic mass is 10.2. The second-order valence-electron chi connectivity index (χ2n) is 5.20. The molecule has 0 saturated carbocycles. The SMILES string of the molecule is CC(C)(C)OC(=O)N1CCCC=C1OC(=O)C(F)(F)F. The zero-order chi connectivity index (χ0) is 15.6. The molecule has 1 aliphatic heterocycles. The lowest BCUT2D eigenvalue weighted by Crippen LogP contribution is -2.40. The third kappa shape index (κ3) is 4.75. The largest absolute Gasteiger partial charge is 0.491 e. The first-order valence-electron chi connectivity index (χ1n) is 6.00. The van der Waals surface area contributed by atoms with Crippen molar-refractivity contribution in [3.8, 4) is 0 Å². The molecule has 1 amide bonds. The molecule has 0 aliphatic carbocycles. The predicted octanol–water partition coefficient (Wildman–Crippen LogP) is 2.96. The number of amides is 1. The average Bonchev–Trinajstić information content (AvgIpc) is 2.25. The van der Waals surface area contributed by atoms with E-state index < -0.39 is 29.7 Å². The molecule has 0 atom stereocenters. The van der Waals surface area contributed by atoms with Gasteiger partial charge in [0.2, 0.25) is 5.88 Å². The molecule has 0 saturated heterocycles. The van der Waals surface area contributed by atoms with E-state index in [1.165, 1.54) is 6.08 Å². The molecule has 0 unspecified atom stereocenters. The van der Waals surface area contributed by atoms with Gasteiger partial charge in [0.05, 0.1) is 0 Å². The number of carbonyl (C=O) groups excluding carboxylic acids is 2. The molecule has 0 bridgehead atoms. The zero-order valence-electron chi connectivity index (χ0n) is 11.4. The molecule has 0 spiro atoms. The van der Waals surface area contributed by atoms with E-state index in [2.05, 4.69) is 4.74 Å². The Bertz CT molecular complexity index is 423. The number of hydrogen-bond acceptors (Lipinski definition) is 4. The number of carbonyl (C=O) groups is 2. The fourth-order valence-corrected chi connectivity index (χ4v) is 1.44. The minimum absolute atomic E-state index is 0.131. The van der Waals surface area contributed by atoms with Crippen molar-refractivity contribution in [2.75, 3.05) is 6.54 Å². The topological polar surface area (TPSA) is 55.8 Å². The van der Waals surface area contributed by atoms with Gasteiger partial charge in [-0.15, -0.1) is 0 Å². The van der Waals surface area contributed by atoms with Crippen molar-refractivity contribution in [3.63, 3.8) is 0 Å². The Hall–Kier alpha value is -1.73. The van der Waals surface area contributed by atoms with Gasteiger partial charge in [-0.1, -0.05) is 0 Å².